The number of benzene rings is 1. The molecule has 0 bridgehead atoms. The lowest BCUT2D eigenvalue weighted by Gasteiger charge is -2.14. The normalized spacial score (nSPS) is 16.4. The van der Waals surface area contributed by atoms with Crippen LogP contribution in [0.5, 0.6) is 0 Å². The first-order valence-corrected chi connectivity index (χ1v) is 7.21. The average molecular weight is 270 g/mol. The zero-order chi connectivity index (χ0) is 13.0. The van der Waals surface area contributed by atoms with Gasteiger partial charge < -0.3 is 5.32 Å². The van der Waals surface area contributed by atoms with Gasteiger partial charge in [0.2, 0.25) is 10.0 Å². The molecular weight excluding hydrogens is 255 g/mol. The highest BCUT2D eigenvalue weighted by Gasteiger charge is 2.18. The summed E-state index contributed by atoms with van der Waals surface area (Å²) < 4.78 is 39.6. The van der Waals surface area contributed by atoms with Gasteiger partial charge in [-0.2, -0.15) is 0 Å². The Morgan fingerprint density at radius 2 is 2.11 bits per heavy atom. The van der Waals surface area contributed by atoms with E-state index in [-0.39, 0.29) is 11.4 Å². The molecule has 4 nitrogen and oxygen atoms in total. The summed E-state index contributed by atoms with van der Waals surface area (Å²) in [6.45, 7) is 1.82. The maximum absolute atomic E-state index is 13.4. The van der Waals surface area contributed by atoms with Crippen LogP contribution in [0, 0.1) is 5.82 Å². The summed E-state index contributed by atoms with van der Waals surface area (Å²) in [5.41, 5.74) is 1.02. The van der Waals surface area contributed by atoms with Gasteiger partial charge in [0.1, 0.15) is 10.7 Å². The van der Waals surface area contributed by atoms with Crippen molar-refractivity contribution in [3.05, 3.63) is 41.7 Å². The zero-order valence-electron chi connectivity index (χ0n) is 9.82. The predicted molar refractivity (Wildman–Crippen MR) is 67.2 cm³/mol. The van der Waals surface area contributed by atoms with E-state index in [1.54, 1.807) is 0 Å². The Kier molecular flexibility index (Phi) is 4.11. The van der Waals surface area contributed by atoms with Crippen molar-refractivity contribution >= 4 is 10.0 Å². The number of halogens is 1. The van der Waals surface area contributed by atoms with Crippen molar-refractivity contribution in [1.82, 2.24) is 10.0 Å². The molecule has 0 aromatic heterocycles. The minimum Gasteiger partial charge on any atom is -0.313 e. The third-order valence-corrected chi connectivity index (χ3v) is 4.21. The Bertz CT molecular complexity index is 555. The maximum atomic E-state index is 13.4. The number of nitrogens with one attached hydrogen (secondary N) is 2. The Hall–Kier alpha value is -1.24. The van der Waals surface area contributed by atoms with Gasteiger partial charge in [-0.15, -0.1) is 0 Å². The smallest absolute Gasteiger partial charge is 0.243 e. The first kappa shape index (κ1) is 13.2. The second-order valence-electron chi connectivity index (χ2n) is 4.07. The highest BCUT2D eigenvalue weighted by molar-refractivity contribution is 7.89. The molecule has 0 unspecified atom stereocenters. The van der Waals surface area contributed by atoms with Crippen molar-refractivity contribution in [2.75, 3.05) is 19.6 Å². The molecule has 0 spiro atoms. The fraction of sp³-hybridized carbons (Fsp3) is 0.333. The standard InChI is InChI=1S/C12H15FN2O2S/c13-11-3-1-2-4-12(11)18(16,17)15-9-10-5-7-14-8-6-10/h1-5,14-15H,6-9H2. The van der Waals surface area contributed by atoms with Crippen LogP contribution in [0.2, 0.25) is 0 Å². The lowest BCUT2D eigenvalue weighted by atomic mass is 10.1. The van der Waals surface area contributed by atoms with Crippen molar-refractivity contribution in [2.45, 2.75) is 11.3 Å². The summed E-state index contributed by atoms with van der Waals surface area (Å²) >= 11 is 0. The molecule has 2 N–H and O–H groups in total. The first-order valence-electron chi connectivity index (χ1n) is 5.72. The van der Waals surface area contributed by atoms with Gasteiger partial charge in [0.15, 0.2) is 0 Å². The molecule has 2 rings (SSSR count). The van der Waals surface area contributed by atoms with Crippen LogP contribution in [-0.2, 0) is 10.0 Å². The molecule has 6 heteroatoms. The van der Waals surface area contributed by atoms with E-state index in [2.05, 4.69) is 10.0 Å². The van der Waals surface area contributed by atoms with E-state index in [0.717, 1.165) is 31.1 Å². The molecule has 98 valence electrons. The van der Waals surface area contributed by atoms with Gasteiger partial charge in [-0.3, -0.25) is 0 Å². The Morgan fingerprint density at radius 3 is 2.78 bits per heavy atom. The van der Waals surface area contributed by atoms with Crippen molar-refractivity contribution in [3.63, 3.8) is 0 Å². The second kappa shape index (κ2) is 5.60. The largest absolute Gasteiger partial charge is 0.313 e. The summed E-state index contributed by atoms with van der Waals surface area (Å²) in [4.78, 5) is -0.306. The van der Waals surface area contributed by atoms with Crippen LogP contribution < -0.4 is 10.0 Å². The molecule has 1 heterocycles. The van der Waals surface area contributed by atoms with Crippen LogP contribution in [0.3, 0.4) is 0 Å². The van der Waals surface area contributed by atoms with E-state index >= 15 is 0 Å². The lowest BCUT2D eigenvalue weighted by molar-refractivity contribution is 0.558. The second-order valence-corrected chi connectivity index (χ2v) is 5.81. The van der Waals surface area contributed by atoms with E-state index in [0.29, 0.717) is 0 Å². The van der Waals surface area contributed by atoms with Crippen LogP contribution in [0.1, 0.15) is 6.42 Å². The van der Waals surface area contributed by atoms with E-state index in [4.69, 9.17) is 0 Å². The topological polar surface area (TPSA) is 58.2 Å². The van der Waals surface area contributed by atoms with E-state index < -0.39 is 15.8 Å². The molecule has 1 aromatic rings. The van der Waals surface area contributed by atoms with Gasteiger partial charge in [0, 0.05) is 13.1 Å². The van der Waals surface area contributed by atoms with E-state index in [1.807, 2.05) is 6.08 Å². The molecule has 0 fully saturated rings. The molecule has 0 saturated carbocycles. The molecule has 0 amide bonds. The highest BCUT2D eigenvalue weighted by atomic mass is 32.2. The van der Waals surface area contributed by atoms with Crippen LogP contribution >= 0.6 is 0 Å². The molecular formula is C12H15FN2O2S. The van der Waals surface area contributed by atoms with Gasteiger partial charge >= 0.3 is 0 Å². The Balaban J connectivity index is 2.08. The quantitative estimate of drug-likeness (QED) is 0.803. The van der Waals surface area contributed by atoms with Gasteiger partial charge in [0.25, 0.3) is 0 Å². The zero-order valence-corrected chi connectivity index (χ0v) is 10.6. The number of sulfonamides is 1. The Labute approximate surface area is 106 Å². The summed E-state index contributed by atoms with van der Waals surface area (Å²) in [6.07, 6.45) is 2.76. The lowest BCUT2D eigenvalue weighted by Crippen LogP contribution is -2.30. The molecule has 1 aliphatic rings. The van der Waals surface area contributed by atoms with Crippen LogP contribution in [0.25, 0.3) is 0 Å². The van der Waals surface area contributed by atoms with Crippen LogP contribution in [-0.4, -0.2) is 28.1 Å². The SMILES string of the molecule is O=S(=O)(NCC1=CCNCC1)c1ccccc1F. The molecule has 0 atom stereocenters. The average Bonchev–Trinajstić information content (AvgIpc) is 2.38. The molecule has 1 aromatic carbocycles. The molecule has 1 aliphatic heterocycles. The molecule has 18 heavy (non-hydrogen) atoms. The summed E-state index contributed by atoms with van der Waals surface area (Å²) in [5.74, 6) is -0.732. The summed E-state index contributed by atoms with van der Waals surface area (Å²) in [6, 6.07) is 5.36. The maximum Gasteiger partial charge on any atom is 0.243 e. The summed E-state index contributed by atoms with van der Waals surface area (Å²) in [7, 11) is -3.78. The number of hydrogen-bond acceptors (Lipinski definition) is 3. The minimum atomic E-state index is -3.78. The van der Waals surface area contributed by atoms with Gasteiger partial charge in [-0.25, -0.2) is 17.5 Å². The molecule has 0 radical (unpaired) electrons. The van der Waals surface area contributed by atoms with Gasteiger partial charge in [-0.1, -0.05) is 23.8 Å². The van der Waals surface area contributed by atoms with Crippen molar-refractivity contribution in [1.29, 1.82) is 0 Å². The molecule has 0 saturated heterocycles. The van der Waals surface area contributed by atoms with Crippen molar-refractivity contribution < 1.29 is 12.8 Å². The van der Waals surface area contributed by atoms with Crippen LogP contribution in [0.4, 0.5) is 4.39 Å². The number of rotatable bonds is 4. The Morgan fingerprint density at radius 1 is 1.33 bits per heavy atom. The third-order valence-electron chi connectivity index (χ3n) is 2.77. The molecule has 0 aliphatic carbocycles. The highest BCUT2D eigenvalue weighted by Crippen LogP contribution is 2.13. The minimum absolute atomic E-state index is 0.234. The summed E-state index contributed by atoms with van der Waals surface area (Å²) in [5, 5.41) is 3.14. The number of hydrogen-bond donors (Lipinski definition) is 2. The predicted octanol–water partition coefficient (Wildman–Crippen LogP) is 1.02. The fourth-order valence-corrected chi connectivity index (χ4v) is 2.87. The van der Waals surface area contributed by atoms with Crippen molar-refractivity contribution in [3.8, 4) is 0 Å². The fourth-order valence-electron chi connectivity index (χ4n) is 1.76. The van der Waals surface area contributed by atoms with Crippen molar-refractivity contribution in [2.24, 2.45) is 0 Å². The van der Waals surface area contributed by atoms with Gasteiger partial charge in [0.05, 0.1) is 0 Å². The van der Waals surface area contributed by atoms with E-state index in [1.165, 1.54) is 18.2 Å². The van der Waals surface area contributed by atoms with Crippen LogP contribution in [0.15, 0.2) is 40.8 Å². The first-order chi connectivity index (χ1) is 8.59. The van der Waals surface area contributed by atoms with Gasteiger partial charge in [-0.05, 0) is 25.1 Å². The monoisotopic (exact) mass is 270 g/mol. The van der Waals surface area contributed by atoms with E-state index in [9.17, 15) is 12.8 Å². The third kappa shape index (κ3) is 3.16.